The summed E-state index contributed by atoms with van der Waals surface area (Å²) in [7, 11) is 0. The van der Waals surface area contributed by atoms with Crippen LogP contribution in [0, 0.1) is 5.82 Å². The second-order valence-electron chi connectivity index (χ2n) is 6.91. The molecular formula is C18H28FNO2S2. The topological polar surface area (TPSA) is 30.5 Å². The van der Waals surface area contributed by atoms with Gasteiger partial charge in [-0.15, -0.1) is 11.8 Å². The lowest BCUT2D eigenvalue weighted by molar-refractivity contribution is -0.182. The molecule has 1 aromatic carbocycles. The molecule has 1 unspecified atom stereocenters. The van der Waals surface area contributed by atoms with E-state index in [-0.39, 0.29) is 22.9 Å². The van der Waals surface area contributed by atoms with Crippen LogP contribution in [0.25, 0.3) is 0 Å². The zero-order valence-corrected chi connectivity index (χ0v) is 16.6. The average Bonchev–Trinajstić information content (AvgIpc) is 2.54. The third kappa shape index (κ3) is 6.92. The Morgan fingerprint density at radius 2 is 1.96 bits per heavy atom. The van der Waals surface area contributed by atoms with Gasteiger partial charge in [0.1, 0.15) is 5.82 Å². The Kier molecular flexibility index (Phi) is 7.88. The molecule has 2 rings (SSSR count). The molecule has 0 radical (unpaired) electrons. The summed E-state index contributed by atoms with van der Waals surface area (Å²) in [5, 5.41) is 0. The summed E-state index contributed by atoms with van der Waals surface area (Å²) in [4.78, 5) is 0.947. The molecule has 1 N–H and O–H groups in total. The van der Waals surface area contributed by atoms with Gasteiger partial charge in [0.2, 0.25) is 0 Å². The van der Waals surface area contributed by atoms with Crippen LogP contribution in [0.15, 0.2) is 23.1 Å². The number of hydrogen-bond acceptors (Lipinski definition) is 5. The predicted octanol–water partition coefficient (Wildman–Crippen LogP) is 5.17. The molecule has 0 aliphatic carbocycles. The fourth-order valence-corrected chi connectivity index (χ4v) is 3.69. The first kappa shape index (κ1) is 20.0. The van der Waals surface area contributed by atoms with Crippen LogP contribution in [-0.2, 0) is 9.47 Å². The van der Waals surface area contributed by atoms with Crippen molar-refractivity contribution in [3.63, 3.8) is 0 Å². The van der Waals surface area contributed by atoms with E-state index in [9.17, 15) is 4.39 Å². The molecule has 24 heavy (non-hydrogen) atoms. The van der Waals surface area contributed by atoms with Crippen molar-refractivity contribution in [3.8, 4) is 0 Å². The number of hydrogen-bond donors (Lipinski definition) is 1. The Morgan fingerprint density at radius 3 is 2.58 bits per heavy atom. The van der Waals surface area contributed by atoms with E-state index in [0.717, 1.165) is 42.9 Å². The minimum Gasteiger partial charge on any atom is -0.353 e. The Balaban J connectivity index is 2.07. The summed E-state index contributed by atoms with van der Waals surface area (Å²) in [6, 6.07) is 5.33. The van der Waals surface area contributed by atoms with Crippen molar-refractivity contribution in [2.45, 2.75) is 62.0 Å². The lowest BCUT2D eigenvalue weighted by Gasteiger charge is -2.28. The lowest BCUT2D eigenvalue weighted by Crippen LogP contribution is -2.27. The number of benzene rings is 1. The number of nitrogens with one attached hydrogen (secondary N) is 1. The predicted molar refractivity (Wildman–Crippen MR) is 101 cm³/mol. The van der Waals surface area contributed by atoms with Gasteiger partial charge < -0.3 is 9.47 Å². The van der Waals surface area contributed by atoms with Gasteiger partial charge in [0.25, 0.3) is 0 Å². The molecule has 1 atom stereocenters. The molecule has 1 heterocycles. The van der Waals surface area contributed by atoms with E-state index in [1.165, 1.54) is 0 Å². The van der Waals surface area contributed by atoms with Gasteiger partial charge >= 0.3 is 0 Å². The van der Waals surface area contributed by atoms with Crippen LogP contribution in [-0.4, -0.2) is 30.5 Å². The van der Waals surface area contributed by atoms with Crippen LogP contribution >= 0.6 is 23.7 Å². The number of halogens is 1. The summed E-state index contributed by atoms with van der Waals surface area (Å²) < 4.78 is 28.8. The maximum Gasteiger partial charge on any atom is 0.157 e. The van der Waals surface area contributed by atoms with Crippen LogP contribution < -0.4 is 4.72 Å². The van der Waals surface area contributed by atoms with Gasteiger partial charge in [-0.2, -0.15) is 0 Å². The van der Waals surface area contributed by atoms with E-state index in [2.05, 4.69) is 31.6 Å². The Labute approximate surface area is 153 Å². The molecule has 1 saturated heterocycles. The van der Waals surface area contributed by atoms with Crippen molar-refractivity contribution in [3.05, 3.63) is 29.6 Å². The standard InChI is InChI=1S/C18H28FNO2S2/c1-18(2,3)24-20-16(6-7-17-21-8-5-9-22-17)13-10-14(19)12-15(11-13)23-4/h10-12,16-17,20H,5-9H2,1-4H3. The molecule has 0 amide bonds. The van der Waals surface area contributed by atoms with E-state index in [0.29, 0.717) is 0 Å². The molecule has 1 aromatic rings. The minimum atomic E-state index is -0.186. The number of ether oxygens (including phenoxy) is 2. The Morgan fingerprint density at radius 1 is 1.25 bits per heavy atom. The van der Waals surface area contributed by atoms with E-state index >= 15 is 0 Å². The maximum atomic E-state index is 13.9. The van der Waals surface area contributed by atoms with E-state index in [1.807, 2.05) is 6.26 Å². The van der Waals surface area contributed by atoms with Crippen LogP contribution in [0.2, 0.25) is 0 Å². The third-order valence-corrected chi connectivity index (χ3v) is 5.35. The van der Waals surface area contributed by atoms with E-state index in [1.54, 1.807) is 35.8 Å². The second-order valence-corrected chi connectivity index (χ2v) is 9.46. The first-order valence-corrected chi connectivity index (χ1v) is 10.4. The van der Waals surface area contributed by atoms with Crippen molar-refractivity contribution in [1.29, 1.82) is 0 Å². The van der Waals surface area contributed by atoms with Gasteiger partial charge in [0.15, 0.2) is 6.29 Å². The fraction of sp³-hybridized carbons (Fsp3) is 0.667. The van der Waals surface area contributed by atoms with Gasteiger partial charge in [-0.05, 0) is 63.6 Å². The van der Waals surface area contributed by atoms with Crippen molar-refractivity contribution < 1.29 is 13.9 Å². The summed E-state index contributed by atoms with van der Waals surface area (Å²) in [6.45, 7) is 8.00. The molecule has 3 nitrogen and oxygen atoms in total. The molecule has 136 valence electrons. The van der Waals surface area contributed by atoms with Crippen LogP contribution in [0.3, 0.4) is 0 Å². The van der Waals surface area contributed by atoms with Gasteiger partial charge in [0, 0.05) is 22.1 Å². The number of thioether (sulfide) groups is 1. The summed E-state index contributed by atoms with van der Waals surface area (Å²) in [6.07, 6.45) is 4.42. The van der Waals surface area contributed by atoms with Crippen molar-refractivity contribution in [1.82, 2.24) is 4.72 Å². The van der Waals surface area contributed by atoms with Crippen molar-refractivity contribution in [2.24, 2.45) is 0 Å². The quantitative estimate of drug-likeness (QED) is 0.526. The molecule has 1 aliphatic heterocycles. The molecule has 0 spiro atoms. The highest BCUT2D eigenvalue weighted by Gasteiger charge is 2.21. The first-order chi connectivity index (χ1) is 11.4. The SMILES string of the molecule is CSc1cc(F)cc(C(CCC2OCCCO2)NSC(C)(C)C)c1. The van der Waals surface area contributed by atoms with Crippen LogP contribution in [0.5, 0.6) is 0 Å². The summed E-state index contributed by atoms with van der Waals surface area (Å²) in [5.41, 5.74) is 0.979. The summed E-state index contributed by atoms with van der Waals surface area (Å²) in [5.74, 6) is -0.186. The fourth-order valence-electron chi connectivity index (χ4n) is 2.45. The largest absolute Gasteiger partial charge is 0.353 e. The zero-order chi connectivity index (χ0) is 17.6. The van der Waals surface area contributed by atoms with Gasteiger partial charge in [0.05, 0.1) is 13.2 Å². The first-order valence-electron chi connectivity index (χ1n) is 8.38. The zero-order valence-electron chi connectivity index (χ0n) is 14.9. The molecule has 1 aliphatic rings. The Hall–Kier alpha value is -0.270. The van der Waals surface area contributed by atoms with E-state index < -0.39 is 0 Å². The van der Waals surface area contributed by atoms with Crippen LogP contribution in [0.4, 0.5) is 4.39 Å². The minimum absolute atomic E-state index is 0.0601. The Bertz CT molecular complexity index is 516. The smallest absolute Gasteiger partial charge is 0.157 e. The average molecular weight is 374 g/mol. The molecule has 0 saturated carbocycles. The molecular weight excluding hydrogens is 345 g/mol. The highest BCUT2D eigenvalue weighted by Crippen LogP contribution is 2.31. The highest BCUT2D eigenvalue weighted by molar-refractivity contribution is 7.98. The maximum absolute atomic E-state index is 13.9. The van der Waals surface area contributed by atoms with E-state index in [4.69, 9.17) is 9.47 Å². The van der Waals surface area contributed by atoms with Crippen molar-refractivity contribution in [2.75, 3.05) is 19.5 Å². The molecule has 0 bridgehead atoms. The molecule has 1 fully saturated rings. The normalized spacial score (nSPS) is 17.9. The molecule has 0 aromatic heterocycles. The third-order valence-electron chi connectivity index (χ3n) is 3.63. The second kappa shape index (κ2) is 9.43. The lowest BCUT2D eigenvalue weighted by atomic mass is 10.0. The highest BCUT2D eigenvalue weighted by atomic mass is 32.2. The summed E-state index contributed by atoms with van der Waals surface area (Å²) >= 11 is 3.24. The van der Waals surface area contributed by atoms with Gasteiger partial charge in [-0.1, -0.05) is 11.9 Å². The van der Waals surface area contributed by atoms with Gasteiger partial charge in [-0.3, -0.25) is 4.72 Å². The van der Waals surface area contributed by atoms with Crippen molar-refractivity contribution >= 4 is 23.7 Å². The molecule has 6 heteroatoms. The van der Waals surface area contributed by atoms with Crippen LogP contribution in [0.1, 0.15) is 51.6 Å². The number of rotatable bonds is 7. The monoisotopic (exact) mass is 373 g/mol. The van der Waals surface area contributed by atoms with Gasteiger partial charge in [-0.25, -0.2) is 4.39 Å².